The molecule has 1 heterocycles. The van der Waals surface area contributed by atoms with E-state index in [0.29, 0.717) is 6.54 Å². The first-order valence-electron chi connectivity index (χ1n) is 7.56. The fourth-order valence-corrected chi connectivity index (χ4v) is 2.24. The number of aryl methyl sites for hydroxylation is 1. The molecule has 21 heavy (non-hydrogen) atoms. The standard InChI is InChI=1S/C17H24N2O2/c1-5-13-8-10-14(11-9-13)18-15-7-6-12-19(15)16(20)21-17(2,3)4/h8-11H,5-7,12H2,1-4H3. The third kappa shape index (κ3) is 4.31. The molecule has 0 saturated carbocycles. The molecule has 1 aromatic rings. The summed E-state index contributed by atoms with van der Waals surface area (Å²) in [6, 6.07) is 8.15. The number of hydrogen-bond donors (Lipinski definition) is 0. The number of carbonyl (C=O) groups is 1. The van der Waals surface area contributed by atoms with E-state index in [9.17, 15) is 4.79 Å². The Morgan fingerprint density at radius 3 is 2.52 bits per heavy atom. The van der Waals surface area contributed by atoms with Crippen LogP contribution in [0.1, 0.15) is 46.1 Å². The van der Waals surface area contributed by atoms with Crippen LogP contribution in [-0.2, 0) is 11.2 Å². The van der Waals surface area contributed by atoms with Gasteiger partial charge in [0.2, 0.25) is 0 Å². The van der Waals surface area contributed by atoms with Gasteiger partial charge in [-0.3, -0.25) is 4.90 Å². The van der Waals surface area contributed by atoms with Crippen molar-refractivity contribution in [1.82, 2.24) is 4.90 Å². The van der Waals surface area contributed by atoms with E-state index in [1.54, 1.807) is 4.90 Å². The van der Waals surface area contributed by atoms with Gasteiger partial charge in [0.25, 0.3) is 0 Å². The van der Waals surface area contributed by atoms with Crippen LogP contribution in [0, 0.1) is 0 Å². The molecule has 0 unspecified atom stereocenters. The molecule has 1 fully saturated rings. The van der Waals surface area contributed by atoms with E-state index in [1.165, 1.54) is 5.56 Å². The van der Waals surface area contributed by atoms with Crippen LogP contribution < -0.4 is 0 Å². The number of benzene rings is 1. The van der Waals surface area contributed by atoms with Crippen LogP contribution >= 0.6 is 0 Å². The van der Waals surface area contributed by atoms with Gasteiger partial charge in [-0.25, -0.2) is 9.79 Å². The highest BCUT2D eigenvalue weighted by atomic mass is 16.6. The van der Waals surface area contributed by atoms with Crippen LogP contribution in [0.3, 0.4) is 0 Å². The zero-order chi connectivity index (χ0) is 15.5. The molecule has 2 rings (SSSR count). The third-order valence-electron chi connectivity index (χ3n) is 3.31. The minimum atomic E-state index is -0.479. The molecule has 1 saturated heterocycles. The van der Waals surface area contributed by atoms with E-state index in [2.05, 4.69) is 24.0 Å². The lowest BCUT2D eigenvalue weighted by Gasteiger charge is -2.24. The van der Waals surface area contributed by atoms with Gasteiger partial charge >= 0.3 is 6.09 Å². The summed E-state index contributed by atoms with van der Waals surface area (Å²) in [5, 5.41) is 0. The van der Waals surface area contributed by atoms with Crippen molar-refractivity contribution in [3.63, 3.8) is 0 Å². The number of ether oxygens (including phenoxy) is 1. The van der Waals surface area contributed by atoms with Crippen LogP contribution in [0.5, 0.6) is 0 Å². The highest BCUT2D eigenvalue weighted by molar-refractivity contribution is 5.98. The van der Waals surface area contributed by atoms with Gasteiger partial charge in [-0.1, -0.05) is 19.1 Å². The van der Waals surface area contributed by atoms with Crippen molar-refractivity contribution in [2.45, 2.75) is 52.6 Å². The molecule has 4 nitrogen and oxygen atoms in total. The number of amidine groups is 1. The molecule has 0 bridgehead atoms. The number of nitrogens with zero attached hydrogens (tertiary/aromatic N) is 2. The fraction of sp³-hybridized carbons (Fsp3) is 0.529. The monoisotopic (exact) mass is 288 g/mol. The molecule has 0 spiro atoms. The first-order chi connectivity index (χ1) is 9.89. The van der Waals surface area contributed by atoms with Gasteiger partial charge in [0, 0.05) is 13.0 Å². The Kier molecular flexibility index (Phi) is 4.66. The Morgan fingerprint density at radius 2 is 1.95 bits per heavy atom. The number of carbonyl (C=O) groups excluding carboxylic acids is 1. The minimum absolute atomic E-state index is 0.302. The highest BCUT2D eigenvalue weighted by Crippen LogP contribution is 2.21. The Morgan fingerprint density at radius 1 is 1.29 bits per heavy atom. The van der Waals surface area contributed by atoms with Crippen LogP contribution in [0.4, 0.5) is 10.5 Å². The maximum atomic E-state index is 12.2. The van der Waals surface area contributed by atoms with Crippen LogP contribution in [0.25, 0.3) is 0 Å². The predicted molar refractivity (Wildman–Crippen MR) is 85.1 cm³/mol. The van der Waals surface area contributed by atoms with Gasteiger partial charge in [-0.05, 0) is 51.3 Å². The van der Waals surface area contributed by atoms with Crippen molar-refractivity contribution in [3.8, 4) is 0 Å². The van der Waals surface area contributed by atoms with E-state index < -0.39 is 5.60 Å². The number of likely N-dealkylation sites (tertiary alicyclic amines) is 1. The summed E-state index contributed by atoms with van der Waals surface area (Å²) in [6.07, 6.45) is 2.46. The maximum Gasteiger partial charge on any atom is 0.415 e. The maximum absolute atomic E-state index is 12.2. The second-order valence-electron chi connectivity index (χ2n) is 6.28. The van der Waals surface area contributed by atoms with E-state index in [-0.39, 0.29) is 6.09 Å². The van der Waals surface area contributed by atoms with Crippen molar-refractivity contribution < 1.29 is 9.53 Å². The van der Waals surface area contributed by atoms with Gasteiger partial charge in [0.15, 0.2) is 0 Å². The van der Waals surface area contributed by atoms with Gasteiger partial charge in [0.05, 0.1) is 5.69 Å². The first-order valence-corrected chi connectivity index (χ1v) is 7.56. The molecule has 1 aliphatic heterocycles. The Labute approximate surface area is 126 Å². The summed E-state index contributed by atoms with van der Waals surface area (Å²) in [6.45, 7) is 8.44. The number of hydrogen-bond acceptors (Lipinski definition) is 3. The zero-order valence-electron chi connectivity index (χ0n) is 13.3. The molecule has 1 aromatic carbocycles. The van der Waals surface area contributed by atoms with E-state index in [0.717, 1.165) is 30.8 Å². The average molecular weight is 288 g/mol. The molecule has 1 amide bonds. The lowest BCUT2D eigenvalue weighted by Crippen LogP contribution is -2.37. The predicted octanol–water partition coefficient (Wildman–Crippen LogP) is 4.31. The van der Waals surface area contributed by atoms with Gasteiger partial charge in [-0.2, -0.15) is 0 Å². The minimum Gasteiger partial charge on any atom is -0.443 e. The van der Waals surface area contributed by atoms with Crippen molar-refractivity contribution in [3.05, 3.63) is 29.8 Å². The topological polar surface area (TPSA) is 41.9 Å². The molecule has 0 aromatic heterocycles. The second kappa shape index (κ2) is 6.29. The molecular formula is C17H24N2O2. The normalized spacial score (nSPS) is 17.3. The summed E-state index contributed by atoms with van der Waals surface area (Å²) in [5.74, 6) is 0.800. The average Bonchev–Trinajstić information content (AvgIpc) is 2.86. The lowest BCUT2D eigenvalue weighted by molar-refractivity contribution is 0.0383. The summed E-state index contributed by atoms with van der Waals surface area (Å²) < 4.78 is 5.43. The van der Waals surface area contributed by atoms with Crippen molar-refractivity contribution in [2.75, 3.05) is 6.54 Å². The van der Waals surface area contributed by atoms with Crippen molar-refractivity contribution in [1.29, 1.82) is 0 Å². The fourth-order valence-electron chi connectivity index (χ4n) is 2.24. The summed E-state index contributed by atoms with van der Waals surface area (Å²) in [7, 11) is 0. The smallest absolute Gasteiger partial charge is 0.415 e. The van der Waals surface area contributed by atoms with Gasteiger partial charge in [0.1, 0.15) is 11.4 Å². The second-order valence-corrected chi connectivity index (χ2v) is 6.28. The summed E-state index contributed by atoms with van der Waals surface area (Å²) in [4.78, 5) is 18.4. The van der Waals surface area contributed by atoms with E-state index in [1.807, 2.05) is 32.9 Å². The van der Waals surface area contributed by atoms with Crippen LogP contribution in [-0.4, -0.2) is 29.0 Å². The third-order valence-corrected chi connectivity index (χ3v) is 3.31. The Bertz CT molecular complexity index is 527. The zero-order valence-corrected chi connectivity index (χ0v) is 13.3. The lowest BCUT2D eigenvalue weighted by atomic mass is 10.1. The highest BCUT2D eigenvalue weighted by Gasteiger charge is 2.29. The molecule has 4 heteroatoms. The van der Waals surface area contributed by atoms with Crippen LogP contribution in [0.15, 0.2) is 29.3 Å². The molecule has 114 valence electrons. The summed E-state index contributed by atoms with van der Waals surface area (Å²) in [5.41, 5.74) is 1.69. The number of aliphatic imine (C=N–C) groups is 1. The van der Waals surface area contributed by atoms with Gasteiger partial charge < -0.3 is 4.74 Å². The quantitative estimate of drug-likeness (QED) is 0.813. The van der Waals surface area contributed by atoms with Gasteiger partial charge in [-0.15, -0.1) is 0 Å². The molecule has 0 radical (unpaired) electrons. The molecule has 0 aliphatic carbocycles. The molecule has 1 aliphatic rings. The molecule has 0 N–H and O–H groups in total. The molecular weight excluding hydrogens is 264 g/mol. The SMILES string of the molecule is CCc1ccc(N=C2CCCN2C(=O)OC(C)(C)C)cc1. The van der Waals surface area contributed by atoms with Crippen molar-refractivity contribution in [2.24, 2.45) is 4.99 Å². The van der Waals surface area contributed by atoms with E-state index in [4.69, 9.17) is 4.74 Å². The van der Waals surface area contributed by atoms with Crippen LogP contribution in [0.2, 0.25) is 0 Å². The Balaban J connectivity index is 2.13. The first kappa shape index (κ1) is 15.5. The largest absolute Gasteiger partial charge is 0.443 e. The summed E-state index contributed by atoms with van der Waals surface area (Å²) >= 11 is 0. The number of amides is 1. The Hall–Kier alpha value is -1.84. The molecule has 0 atom stereocenters. The number of rotatable bonds is 2. The van der Waals surface area contributed by atoms with E-state index >= 15 is 0 Å². The van der Waals surface area contributed by atoms with Crippen molar-refractivity contribution >= 4 is 17.6 Å².